The third kappa shape index (κ3) is 4.46. The van der Waals surface area contributed by atoms with E-state index >= 15 is 0 Å². The van der Waals surface area contributed by atoms with Gasteiger partial charge in [0.15, 0.2) is 0 Å². The van der Waals surface area contributed by atoms with Crippen molar-refractivity contribution >= 4 is 23.3 Å². The van der Waals surface area contributed by atoms with Gasteiger partial charge in [-0.15, -0.1) is 0 Å². The highest BCUT2D eigenvalue weighted by Crippen LogP contribution is 2.39. The van der Waals surface area contributed by atoms with E-state index in [1.165, 1.54) is 12.1 Å². The number of hydrogen-bond donors (Lipinski definition) is 2. The summed E-state index contributed by atoms with van der Waals surface area (Å²) < 4.78 is 45.9. The van der Waals surface area contributed by atoms with E-state index in [1.807, 2.05) is 0 Å². The second-order valence-electron chi connectivity index (χ2n) is 6.81. The molecule has 1 aliphatic heterocycles. The van der Waals surface area contributed by atoms with Crippen molar-refractivity contribution in [1.82, 2.24) is 0 Å². The Morgan fingerprint density at radius 2 is 1.75 bits per heavy atom. The standard InChI is InChI=1S/C19H21F3N2O4/c20-19(21,22)15-11-12(5-6-16(15)24-7-9-28-10-8-24)23-17(25)13-3-1-2-4-14(13)18(26)27/h1-2,5-6,11,13-14H,3-4,7-10H2,(H,23,25)(H,26,27). The van der Waals surface area contributed by atoms with E-state index in [0.29, 0.717) is 26.3 Å². The maximum absolute atomic E-state index is 13.6. The number of rotatable bonds is 4. The zero-order valence-electron chi connectivity index (χ0n) is 15.0. The average molecular weight is 398 g/mol. The highest BCUT2D eigenvalue weighted by molar-refractivity contribution is 5.95. The van der Waals surface area contributed by atoms with Gasteiger partial charge >= 0.3 is 12.1 Å². The fourth-order valence-electron chi connectivity index (χ4n) is 3.53. The zero-order chi connectivity index (χ0) is 20.3. The van der Waals surface area contributed by atoms with E-state index in [1.54, 1.807) is 17.1 Å². The number of ether oxygens (including phenoxy) is 1. The van der Waals surface area contributed by atoms with Gasteiger partial charge in [0.2, 0.25) is 5.91 Å². The maximum atomic E-state index is 13.6. The lowest BCUT2D eigenvalue weighted by Crippen LogP contribution is -2.37. The summed E-state index contributed by atoms with van der Waals surface area (Å²) >= 11 is 0. The molecule has 2 unspecified atom stereocenters. The van der Waals surface area contributed by atoms with Gasteiger partial charge in [0.05, 0.1) is 30.6 Å². The summed E-state index contributed by atoms with van der Waals surface area (Å²) in [6.07, 6.45) is -0.725. The SMILES string of the molecule is O=C(O)C1CC=CCC1C(=O)Nc1ccc(N2CCOCC2)c(C(F)(F)F)c1. The Kier molecular flexibility index (Phi) is 5.93. The summed E-state index contributed by atoms with van der Waals surface area (Å²) in [7, 11) is 0. The van der Waals surface area contributed by atoms with Crippen LogP contribution in [0.4, 0.5) is 24.5 Å². The van der Waals surface area contributed by atoms with Gasteiger partial charge in [0.25, 0.3) is 0 Å². The molecule has 152 valence electrons. The van der Waals surface area contributed by atoms with Crippen LogP contribution in [0.15, 0.2) is 30.4 Å². The molecule has 1 aromatic carbocycles. The molecule has 2 atom stereocenters. The first-order valence-electron chi connectivity index (χ1n) is 9.00. The van der Waals surface area contributed by atoms with Crippen molar-refractivity contribution in [3.8, 4) is 0 Å². The van der Waals surface area contributed by atoms with Gasteiger partial charge in [-0.25, -0.2) is 0 Å². The number of nitrogens with one attached hydrogen (secondary N) is 1. The number of hydrogen-bond acceptors (Lipinski definition) is 4. The van der Waals surface area contributed by atoms with Crippen molar-refractivity contribution in [2.45, 2.75) is 19.0 Å². The molecular formula is C19H21F3N2O4. The molecule has 0 radical (unpaired) electrons. The highest BCUT2D eigenvalue weighted by atomic mass is 19.4. The Balaban J connectivity index is 1.83. The molecule has 9 heteroatoms. The second kappa shape index (κ2) is 8.22. The number of allylic oxidation sites excluding steroid dienone is 2. The smallest absolute Gasteiger partial charge is 0.418 e. The molecule has 6 nitrogen and oxygen atoms in total. The van der Waals surface area contributed by atoms with Crippen LogP contribution in [-0.4, -0.2) is 43.3 Å². The number of nitrogens with zero attached hydrogens (tertiary/aromatic N) is 1. The Labute approximate surface area is 160 Å². The normalized spacial score (nSPS) is 22.8. The minimum absolute atomic E-state index is 0.00646. The van der Waals surface area contributed by atoms with Crippen LogP contribution in [0.25, 0.3) is 0 Å². The van der Waals surface area contributed by atoms with E-state index in [0.717, 1.165) is 6.07 Å². The molecule has 2 N–H and O–H groups in total. The van der Waals surface area contributed by atoms with Crippen LogP contribution in [-0.2, 0) is 20.5 Å². The van der Waals surface area contributed by atoms with Crippen LogP contribution < -0.4 is 10.2 Å². The van der Waals surface area contributed by atoms with Crippen molar-refractivity contribution in [3.63, 3.8) is 0 Å². The van der Waals surface area contributed by atoms with E-state index < -0.39 is 35.5 Å². The number of alkyl halides is 3. The molecule has 1 aliphatic carbocycles. The first-order chi connectivity index (χ1) is 13.3. The molecule has 0 spiro atoms. The summed E-state index contributed by atoms with van der Waals surface area (Å²) in [5.74, 6) is -3.40. The van der Waals surface area contributed by atoms with Crippen molar-refractivity contribution in [3.05, 3.63) is 35.9 Å². The number of carboxylic acids is 1. The third-order valence-electron chi connectivity index (χ3n) is 5.01. The topological polar surface area (TPSA) is 78.9 Å². The van der Waals surface area contributed by atoms with E-state index in [2.05, 4.69) is 5.32 Å². The van der Waals surface area contributed by atoms with Gasteiger partial charge in [0.1, 0.15) is 0 Å². The quantitative estimate of drug-likeness (QED) is 0.762. The molecule has 1 saturated heterocycles. The lowest BCUT2D eigenvalue weighted by atomic mass is 9.82. The first kappa shape index (κ1) is 20.2. The molecule has 0 bridgehead atoms. The number of carbonyl (C=O) groups is 2. The van der Waals surface area contributed by atoms with Crippen molar-refractivity contribution in [2.24, 2.45) is 11.8 Å². The first-order valence-corrected chi connectivity index (χ1v) is 9.00. The Hall–Kier alpha value is -2.55. The van der Waals surface area contributed by atoms with Crippen LogP contribution in [0.2, 0.25) is 0 Å². The second-order valence-corrected chi connectivity index (χ2v) is 6.81. The zero-order valence-corrected chi connectivity index (χ0v) is 15.0. The van der Waals surface area contributed by atoms with Gasteiger partial charge in [-0.2, -0.15) is 13.2 Å². The Morgan fingerprint density at radius 3 is 2.36 bits per heavy atom. The maximum Gasteiger partial charge on any atom is 0.418 e. The fourth-order valence-corrected chi connectivity index (χ4v) is 3.53. The molecule has 28 heavy (non-hydrogen) atoms. The molecule has 1 aromatic rings. The number of amides is 1. The van der Waals surface area contributed by atoms with Crippen LogP contribution in [0, 0.1) is 11.8 Å². The van der Waals surface area contributed by atoms with Crippen LogP contribution in [0.1, 0.15) is 18.4 Å². The number of carboxylic acid groups (broad SMARTS) is 1. The number of anilines is 2. The predicted octanol–water partition coefficient (Wildman–Crippen LogP) is 3.15. The lowest BCUT2D eigenvalue weighted by molar-refractivity contribution is -0.146. The number of carbonyl (C=O) groups excluding carboxylic acids is 1. The third-order valence-corrected chi connectivity index (χ3v) is 5.01. The minimum atomic E-state index is -4.59. The summed E-state index contributed by atoms with van der Waals surface area (Å²) in [5.41, 5.74) is -0.809. The molecule has 2 aliphatic rings. The van der Waals surface area contributed by atoms with Crippen LogP contribution >= 0.6 is 0 Å². The monoisotopic (exact) mass is 398 g/mol. The van der Waals surface area contributed by atoms with Gasteiger partial charge in [-0.1, -0.05) is 12.2 Å². The molecule has 0 saturated carbocycles. The summed E-state index contributed by atoms with van der Waals surface area (Å²) in [6, 6.07) is 3.64. The molecule has 1 fully saturated rings. The molecule has 0 aromatic heterocycles. The van der Waals surface area contributed by atoms with Gasteiger partial charge in [-0.3, -0.25) is 9.59 Å². The fraction of sp³-hybridized carbons (Fsp3) is 0.474. The van der Waals surface area contributed by atoms with Crippen molar-refractivity contribution in [2.75, 3.05) is 36.5 Å². The molecule has 1 amide bonds. The Bertz CT molecular complexity index is 773. The number of halogens is 3. The number of morpholine rings is 1. The minimum Gasteiger partial charge on any atom is -0.481 e. The largest absolute Gasteiger partial charge is 0.481 e. The van der Waals surface area contributed by atoms with E-state index in [4.69, 9.17) is 4.74 Å². The molecular weight excluding hydrogens is 377 g/mol. The Morgan fingerprint density at radius 1 is 1.11 bits per heavy atom. The van der Waals surface area contributed by atoms with Crippen molar-refractivity contribution in [1.29, 1.82) is 0 Å². The van der Waals surface area contributed by atoms with Crippen LogP contribution in [0.3, 0.4) is 0 Å². The summed E-state index contributed by atoms with van der Waals surface area (Å²) in [4.78, 5) is 25.5. The van der Waals surface area contributed by atoms with Crippen molar-refractivity contribution < 1.29 is 32.6 Å². The lowest BCUT2D eigenvalue weighted by Gasteiger charge is -2.31. The van der Waals surface area contributed by atoms with Crippen LogP contribution in [0.5, 0.6) is 0 Å². The van der Waals surface area contributed by atoms with Gasteiger partial charge in [0, 0.05) is 24.5 Å². The number of benzene rings is 1. The molecule has 1 heterocycles. The van der Waals surface area contributed by atoms with E-state index in [9.17, 15) is 27.9 Å². The van der Waals surface area contributed by atoms with E-state index in [-0.39, 0.29) is 24.2 Å². The van der Waals surface area contributed by atoms with Gasteiger partial charge < -0.3 is 20.1 Å². The van der Waals surface area contributed by atoms with Gasteiger partial charge in [-0.05, 0) is 31.0 Å². The summed E-state index contributed by atoms with van der Waals surface area (Å²) in [5, 5.41) is 11.7. The average Bonchev–Trinajstić information content (AvgIpc) is 2.68. The molecule has 3 rings (SSSR count). The predicted molar refractivity (Wildman–Crippen MR) is 96.1 cm³/mol. The highest BCUT2D eigenvalue weighted by Gasteiger charge is 2.37. The summed E-state index contributed by atoms with van der Waals surface area (Å²) in [6.45, 7) is 1.40. The number of aliphatic carboxylic acids is 1.